The fraction of sp³-hybridized carbons (Fsp3) is 0.312. The largest absolute Gasteiger partial charge is 0.389 e. The molecule has 0 bridgehead atoms. The number of carbonyl (C=O) groups excluding carboxylic acids is 2. The van der Waals surface area contributed by atoms with E-state index in [0.29, 0.717) is 15.1 Å². The predicted octanol–water partition coefficient (Wildman–Crippen LogP) is 3.68. The minimum absolute atomic E-state index is 0.0360. The number of ketones is 2. The molecule has 1 heterocycles. The molecule has 1 aliphatic carbocycles. The van der Waals surface area contributed by atoms with Crippen LogP contribution in [0.2, 0.25) is 9.36 Å². The van der Waals surface area contributed by atoms with Crippen molar-refractivity contribution in [1.29, 1.82) is 0 Å². The summed E-state index contributed by atoms with van der Waals surface area (Å²) in [6, 6.07) is 7.20. The lowest BCUT2D eigenvalue weighted by Gasteiger charge is -2.24. The molecule has 2 aromatic rings. The van der Waals surface area contributed by atoms with Gasteiger partial charge in [0.25, 0.3) is 0 Å². The molecule has 0 saturated heterocycles. The molecule has 1 fully saturated rings. The first-order valence-corrected chi connectivity index (χ1v) is 9.00. The van der Waals surface area contributed by atoms with E-state index < -0.39 is 5.92 Å². The molecular weight excluding hydrogens is 385 g/mol. The van der Waals surface area contributed by atoms with Crippen molar-refractivity contribution in [3.63, 3.8) is 0 Å². The lowest BCUT2D eigenvalue weighted by Crippen LogP contribution is -2.33. The zero-order chi connectivity index (χ0) is 17.8. The lowest BCUT2D eigenvalue weighted by atomic mass is 9.77. The summed E-state index contributed by atoms with van der Waals surface area (Å²) in [7, 11) is 0. The van der Waals surface area contributed by atoms with Crippen LogP contribution in [0.1, 0.15) is 30.0 Å². The van der Waals surface area contributed by atoms with Crippen LogP contribution < -0.4 is 0 Å². The smallest absolute Gasteiger partial charge is 0.163 e. The molecule has 0 N–H and O–H groups in total. The highest BCUT2D eigenvalue weighted by atomic mass is 35.5. The van der Waals surface area contributed by atoms with Crippen LogP contribution in [0, 0.1) is 5.92 Å². The van der Waals surface area contributed by atoms with E-state index in [1.165, 1.54) is 6.21 Å². The summed E-state index contributed by atoms with van der Waals surface area (Å²) in [5.41, 5.74) is 1.40. The SMILES string of the molecule is O=C1CC(c2ccc(Cl)cc2)CC(=O)C1/C=N\OCc1nnsc1Cl. The van der Waals surface area contributed by atoms with E-state index >= 15 is 0 Å². The maximum atomic E-state index is 12.3. The number of hydrogen-bond acceptors (Lipinski definition) is 7. The normalized spacial score (nSPS) is 21.0. The summed E-state index contributed by atoms with van der Waals surface area (Å²) in [4.78, 5) is 29.6. The number of halogens is 2. The summed E-state index contributed by atoms with van der Waals surface area (Å²) in [6.45, 7) is 0.0360. The van der Waals surface area contributed by atoms with Gasteiger partial charge in [-0.1, -0.05) is 45.0 Å². The molecule has 25 heavy (non-hydrogen) atoms. The molecule has 0 atom stereocenters. The van der Waals surface area contributed by atoms with Crippen LogP contribution in [-0.4, -0.2) is 27.4 Å². The van der Waals surface area contributed by atoms with Crippen LogP contribution in [0.15, 0.2) is 29.4 Å². The summed E-state index contributed by atoms with van der Waals surface area (Å²) >= 11 is 12.8. The summed E-state index contributed by atoms with van der Waals surface area (Å²) in [5.74, 6) is -1.33. The second kappa shape index (κ2) is 8.03. The fourth-order valence-electron chi connectivity index (χ4n) is 2.61. The number of carbonyl (C=O) groups is 2. The van der Waals surface area contributed by atoms with Gasteiger partial charge in [0, 0.05) is 29.4 Å². The molecule has 9 heteroatoms. The van der Waals surface area contributed by atoms with Crippen molar-refractivity contribution < 1.29 is 14.4 Å². The average Bonchev–Trinajstić information content (AvgIpc) is 2.99. The number of oxime groups is 1. The second-order valence-electron chi connectivity index (χ2n) is 5.59. The van der Waals surface area contributed by atoms with Gasteiger partial charge in [0.15, 0.2) is 6.61 Å². The van der Waals surface area contributed by atoms with Gasteiger partial charge in [-0.05, 0) is 23.6 Å². The number of aromatic nitrogens is 2. The van der Waals surface area contributed by atoms with Crippen molar-refractivity contribution in [3.8, 4) is 0 Å². The van der Waals surface area contributed by atoms with Crippen LogP contribution in [0.3, 0.4) is 0 Å². The van der Waals surface area contributed by atoms with Gasteiger partial charge in [-0.3, -0.25) is 9.59 Å². The van der Waals surface area contributed by atoms with Crippen molar-refractivity contribution >= 4 is 52.5 Å². The number of benzene rings is 1. The Balaban J connectivity index is 1.58. The van der Waals surface area contributed by atoms with E-state index in [2.05, 4.69) is 14.7 Å². The molecule has 0 aliphatic heterocycles. The molecule has 0 spiro atoms. The summed E-state index contributed by atoms with van der Waals surface area (Å²) < 4.78 is 4.09. The highest BCUT2D eigenvalue weighted by Crippen LogP contribution is 2.32. The minimum atomic E-state index is -0.868. The zero-order valence-corrected chi connectivity index (χ0v) is 15.2. The van der Waals surface area contributed by atoms with Crippen LogP contribution in [-0.2, 0) is 21.0 Å². The van der Waals surface area contributed by atoms with E-state index in [4.69, 9.17) is 28.0 Å². The highest BCUT2D eigenvalue weighted by molar-refractivity contribution is 7.10. The standard InChI is InChI=1S/C16H13Cl2N3O3S/c17-11-3-1-9(2-4-11)10-5-14(22)12(15(23)6-10)7-19-24-8-13-16(18)25-21-20-13/h1-4,7,10,12H,5-6,8H2/b19-7-. The number of hydrogen-bond donors (Lipinski definition) is 0. The zero-order valence-electron chi connectivity index (χ0n) is 12.9. The van der Waals surface area contributed by atoms with Gasteiger partial charge >= 0.3 is 0 Å². The van der Waals surface area contributed by atoms with Crippen molar-refractivity contribution in [3.05, 3.63) is 44.9 Å². The van der Waals surface area contributed by atoms with Gasteiger partial charge in [0.05, 0.1) is 6.21 Å². The van der Waals surface area contributed by atoms with Crippen molar-refractivity contribution in [2.24, 2.45) is 11.1 Å². The molecule has 6 nitrogen and oxygen atoms in total. The number of rotatable bonds is 5. The lowest BCUT2D eigenvalue weighted by molar-refractivity contribution is -0.133. The molecule has 0 radical (unpaired) electrons. The Kier molecular flexibility index (Phi) is 5.78. The minimum Gasteiger partial charge on any atom is -0.389 e. The molecule has 1 aromatic heterocycles. The first-order chi connectivity index (χ1) is 12.0. The third kappa shape index (κ3) is 4.42. The molecule has 1 aliphatic rings. The number of Topliss-reactive ketones (excluding diaryl/α,β-unsaturated/α-hetero) is 2. The Morgan fingerprint density at radius 3 is 2.48 bits per heavy atom. The van der Waals surface area contributed by atoms with E-state index in [9.17, 15) is 9.59 Å². The van der Waals surface area contributed by atoms with Crippen molar-refractivity contribution in [2.45, 2.75) is 25.4 Å². The van der Waals surface area contributed by atoms with Crippen molar-refractivity contribution in [2.75, 3.05) is 0 Å². The fourth-order valence-corrected chi connectivity index (χ4v) is 3.34. The van der Waals surface area contributed by atoms with Gasteiger partial charge < -0.3 is 4.84 Å². The van der Waals surface area contributed by atoms with Gasteiger partial charge in [-0.2, -0.15) is 0 Å². The third-order valence-corrected chi connectivity index (χ3v) is 5.16. The molecular formula is C16H13Cl2N3O3S. The quantitative estimate of drug-likeness (QED) is 0.436. The third-order valence-electron chi connectivity index (χ3n) is 3.93. The molecule has 3 rings (SSSR count). The topological polar surface area (TPSA) is 81.5 Å². The number of nitrogens with zero attached hydrogens (tertiary/aromatic N) is 3. The Morgan fingerprint density at radius 2 is 1.88 bits per heavy atom. The van der Waals surface area contributed by atoms with Crippen LogP contribution in [0.25, 0.3) is 0 Å². The monoisotopic (exact) mass is 397 g/mol. The van der Waals surface area contributed by atoms with Crippen LogP contribution >= 0.6 is 34.7 Å². The Hall–Kier alpha value is -1.83. The van der Waals surface area contributed by atoms with E-state index in [0.717, 1.165) is 17.1 Å². The predicted molar refractivity (Wildman–Crippen MR) is 95.1 cm³/mol. The Morgan fingerprint density at radius 1 is 1.20 bits per heavy atom. The van der Waals surface area contributed by atoms with Gasteiger partial charge in [-0.25, -0.2) is 0 Å². The molecule has 1 saturated carbocycles. The molecule has 130 valence electrons. The highest BCUT2D eigenvalue weighted by Gasteiger charge is 2.35. The molecule has 0 amide bonds. The van der Waals surface area contributed by atoms with Crippen LogP contribution in [0.5, 0.6) is 0 Å². The van der Waals surface area contributed by atoms with E-state index in [1.807, 2.05) is 12.1 Å². The van der Waals surface area contributed by atoms with Crippen molar-refractivity contribution in [1.82, 2.24) is 9.59 Å². The average molecular weight is 398 g/mol. The molecule has 1 aromatic carbocycles. The summed E-state index contributed by atoms with van der Waals surface area (Å²) in [6.07, 6.45) is 1.81. The maximum absolute atomic E-state index is 12.3. The van der Waals surface area contributed by atoms with Crippen LogP contribution in [0.4, 0.5) is 0 Å². The van der Waals surface area contributed by atoms with E-state index in [1.54, 1.807) is 12.1 Å². The Bertz CT molecular complexity index is 789. The summed E-state index contributed by atoms with van der Waals surface area (Å²) in [5, 5.41) is 8.11. The Labute approximate surface area is 157 Å². The maximum Gasteiger partial charge on any atom is 0.163 e. The van der Waals surface area contributed by atoms with Gasteiger partial charge in [0.2, 0.25) is 0 Å². The first kappa shape index (κ1) is 18.0. The van der Waals surface area contributed by atoms with E-state index in [-0.39, 0.29) is 36.9 Å². The molecule has 0 unspecified atom stereocenters. The van der Waals surface area contributed by atoms with Gasteiger partial charge in [-0.15, -0.1) is 5.10 Å². The second-order valence-corrected chi connectivity index (χ2v) is 7.38. The van der Waals surface area contributed by atoms with Gasteiger partial charge in [0.1, 0.15) is 27.5 Å². The first-order valence-electron chi connectivity index (χ1n) is 7.47.